The lowest BCUT2D eigenvalue weighted by Gasteiger charge is -2.12. The fourth-order valence-electron chi connectivity index (χ4n) is 2.78. The number of carbonyl (C=O) groups is 1. The van der Waals surface area contributed by atoms with Crippen LogP contribution in [0.3, 0.4) is 0 Å². The van der Waals surface area contributed by atoms with Gasteiger partial charge in [0.2, 0.25) is 0 Å². The molecule has 0 unspecified atom stereocenters. The molecule has 0 saturated heterocycles. The van der Waals surface area contributed by atoms with Crippen LogP contribution in [0.5, 0.6) is 11.5 Å². The van der Waals surface area contributed by atoms with Gasteiger partial charge >= 0.3 is 0 Å². The first kappa shape index (κ1) is 23.2. The van der Waals surface area contributed by atoms with Crippen LogP contribution in [0.15, 0.2) is 47.5 Å². The van der Waals surface area contributed by atoms with Gasteiger partial charge in [-0.2, -0.15) is 0 Å². The summed E-state index contributed by atoms with van der Waals surface area (Å²) >= 11 is 0. The number of amides is 1. The molecule has 0 atom stereocenters. The van der Waals surface area contributed by atoms with E-state index in [1.165, 1.54) is 0 Å². The van der Waals surface area contributed by atoms with Crippen LogP contribution in [0.2, 0.25) is 0 Å². The number of ether oxygens (including phenoxy) is 4. The lowest BCUT2D eigenvalue weighted by atomic mass is 10.1. The zero-order valence-electron chi connectivity index (χ0n) is 18.1. The van der Waals surface area contributed by atoms with Gasteiger partial charge in [0.15, 0.2) is 11.5 Å². The summed E-state index contributed by atoms with van der Waals surface area (Å²) in [6.07, 6.45) is 0.652. The van der Waals surface area contributed by atoms with Crippen molar-refractivity contribution < 1.29 is 23.7 Å². The summed E-state index contributed by atoms with van der Waals surface area (Å²) in [6.45, 7) is 5.57. The number of nitrogens with zero attached hydrogens (tertiary/aromatic N) is 1. The smallest absolute Gasteiger partial charge is 0.291 e. The summed E-state index contributed by atoms with van der Waals surface area (Å²) < 4.78 is 21.5. The van der Waals surface area contributed by atoms with Gasteiger partial charge in [0.25, 0.3) is 11.9 Å². The predicted molar refractivity (Wildman–Crippen MR) is 117 cm³/mol. The Bertz CT molecular complexity index is 851. The number of rotatable bonds is 10. The van der Waals surface area contributed by atoms with E-state index < -0.39 is 0 Å². The van der Waals surface area contributed by atoms with Crippen LogP contribution in [0.1, 0.15) is 28.4 Å². The van der Waals surface area contributed by atoms with Crippen molar-refractivity contribution in [3.05, 3.63) is 59.2 Å². The molecule has 2 aromatic carbocycles. The Balaban J connectivity index is 2.05. The van der Waals surface area contributed by atoms with Crippen molar-refractivity contribution in [3.63, 3.8) is 0 Å². The first-order valence-corrected chi connectivity index (χ1v) is 9.91. The highest BCUT2D eigenvalue weighted by Crippen LogP contribution is 2.27. The minimum atomic E-state index is -0.255. The fourth-order valence-corrected chi connectivity index (χ4v) is 2.78. The number of carbonyl (C=O) groups excluding carboxylic acids is 1. The van der Waals surface area contributed by atoms with Gasteiger partial charge in [-0.05, 0) is 49.6 Å². The molecule has 2 rings (SSSR count). The summed E-state index contributed by atoms with van der Waals surface area (Å²) in [5.74, 6) is 1.09. The van der Waals surface area contributed by atoms with Crippen molar-refractivity contribution in [1.82, 2.24) is 5.32 Å². The highest BCUT2D eigenvalue weighted by molar-refractivity contribution is 6.04. The van der Waals surface area contributed by atoms with Crippen molar-refractivity contribution in [2.24, 2.45) is 4.99 Å². The van der Waals surface area contributed by atoms with Gasteiger partial charge in [-0.25, -0.2) is 4.99 Å². The van der Waals surface area contributed by atoms with Crippen molar-refractivity contribution in [2.75, 3.05) is 40.6 Å². The van der Waals surface area contributed by atoms with Crippen LogP contribution in [0.25, 0.3) is 0 Å². The van der Waals surface area contributed by atoms with E-state index in [9.17, 15) is 4.79 Å². The molecular formula is C23H30N2O5. The van der Waals surface area contributed by atoms with Crippen molar-refractivity contribution in [3.8, 4) is 11.5 Å². The molecule has 0 radical (unpaired) electrons. The van der Waals surface area contributed by atoms with Gasteiger partial charge in [0, 0.05) is 18.7 Å². The standard InChI is InChI=1S/C23H30N2O5/c1-5-29-14-15-30-23(25-22(26)19-9-7-6-8-17(19)2)24-13-12-18-10-11-20(27-3)21(16-18)28-4/h6-11,16H,5,12-15H2,1-4H3,(H,24,25,26). The van der Waals surface area contributed by atoms with Gasteiger partial charge in [0.05, 0.1) is 20.8 Å². The molecule has 2 aromatic rings. The van der Waals surface area contributed by atoms with Crippen LogP contribution < -0.4 is 14.8 Å². The lowest BCUT2D eigenvalue weighted by molar-refractivity contribution is 0.0921. The van der Waals surface area contributed by atoms with E-state index in [0.717, 1.165) is 11.1 Å². The topological polar surface area (TPSA) is 78.4 Å². The van der Waals surface area contributed by atoms with E-state index in [4.69, 9.17) is 18.9 Å². The van der Waals surface area contributed by atoms with Crippen LogP contribution in [-0.2, 0) is 15.9 Å². The average Bonchev–Trinajstić information content (AvgIpc) is 2.76. The normalized spacial score (nSPS) is 11.1. The lowest BCUT2D eigenvalue weighted by Crippen LogP contribution is -2.34. The second kappa shape index (κ2) is 12.5. The van der Waals surface area contributed by atoms with Crippen molar-refractivity contribution in [2.45, 2.75) is 20.3 Å². The number of hydrogen-bond acceptors (Lipinski definition) is 6. The quantitative estimate of drug-likeness (QED) is 0.366. The molecule has 7 nitrogen and oxygen atoms in total. The Morgan fingerprint density at radius 2 is 1.80 bits per heavy atom. The highest BCUT2D eigenvalue weighted by atomic mass is 16.5. The third kappa shape index (κ3) is 7.08. The minimum absolute atomic E-state index is 0.184. The number of methoxy groups -OCH3 is 2. The van der Waals surface area contributed by atoms with E-state index >= 15 is 0 Å². The van der Waals surface area contributed by atoms with Crippen molar-refractivity contribution in [1.29, 1.82) is 0 Å². The molecule has 0 saturated carbocycles. The third-order valence-corrected chi connectivity index (χ3v) is 4.38. The predicted octanol–water partition coefficient (Wildman–Crippen LogP) is 3.39. The number of benzene rings is 2. The van der Waals surface area contributed by atoms with Gasteiger partial charge in [-0.1, -0.05) is 24.3 Å². The van der Waals surface area contributed by atoms with E-state index in [1.807, 2.05) is 50.2 Å². The first-order chi connectivity index (χ1) is 14.6. The Kier molecular flexibility index (Phi) is 9.67. The fraction of sp³-hybridized carbons (Fsp3) is 0.391. The molecule has 0 spiro atoms. The van der Waals surface area contributed by atoms with Crippen LogP contribution >= 0.6 is 0 Å². The molecule has 0 fully saturated rings. The van der Waals surface area contributed by atoms with Crippen LogP contribution in [-0.4, -0.2) is 52.5 Å². The zero-order chi connectivity index (χ0) is 21.8. The number of hydrogen-bond donors (Lipinski definition) is 1. The number of aliphatic imine (C=N–C) groups is 1. The molecule has 1 amide bonds. The summed E-state index contributed by atoms with van der Waals surface area (Å²) in [5.41, 5.74) is 2.50. The van der Waals surface area contributed by atoms with Gasteiger partial charge in [-0.15, -0.1) is 0 Å². The Labute approximate surface area is 178 Å². The summed E-state index contributed by atoms with van der Waals surface area (Å²) in [4.78, 5) is 17.1. The molecule has 0 aliphatic rings. The number of amidine groups is 1. The Morgan fingerprint density at radius 1 is 1.03 bits per heavy atom. The molecule has 162 valence electrons. The molecule has 1 N–H and O–H groups in total. The molecule has 7 heteroatoms. The molecule has 30 heavy (non-hydrogen) atoms. The maximum atomic E-state index is 12.6. The van der Waals surface area contributed by atoms with E-state index in [-0.39, 0.29) is 11.9 Å². The van der Waals surface area contributed by atoms with Gasteiger partial charge in [-0.3, -0.25) is 10.1 Å². The second-order valence-corrected chi connectivity index (χ2v) is 6.44. The maximum Gasteiger partial charge on any atom is 0.291 e. The SMILES string of the molecule is CCOCCOC(=NCCc1ccc(OC)c(OC)c1)NC(=O)c1ccccc1C. The molecule has 0 aliphatic heterocycles. The summed E-state index contributed by atoms with van der Waals surface area (Å²) in [5, 5.41) is 2.77. The minimum Gasteiger partial charge on any atom is -0.493 e. The first-order valence-electron chi connectivity index (χ1n) is 9.91. The molecule has 0 heterocycles. The van der Waals surface area contributed by atoms with Gasteiger partial charge in [0.1, 0.15) is 6.61 Å². The molecule has 0 bridgehead atoms. The van der Waals surface area contributed by atoms with Crippen LogP contribution in [0.4, 0.5) is 0 Å². The van der Waals surface area contributed by atoms with E-state index in [2.05, 4.69) is 10.3 Å². The van der Waals surface area contributed by atoms with E-state index in [0.29, 0.717) is 49.8 Å². The number of aryl methyl sites for hydroxylation is 1. The van der Waals surface area contributed by atoms with Crippen LogP contribution in [0, 0.1) is 6.92 Å². The summed E-state index contributed by atoms with van der Waals surface area (Å²) in [7, 11) is 3.20. The molecule has 0 aliphatic carbocycles. The van der Waals surface area contributed by atoms with Gasteiger partial charge < -0.3 is 18.9 Å². The Morgan fingerprint density at radius 3 is 2.50 bits per heavy atom. The van der Waals surface area contributed by atoms with Crippen molar-refractivity contribution >= 4 is 11.9 Å². The zero-order valence-corrected chi connectivity index (χ0v) is 18.1. The monoisotopic (exact) mass is 414 g/mol. The largest absolute Gasteiger partial charge is 0.493 e. The van der Waals surface area contributed by atoms with E-state index in [1.54, 1.807) is 20.3 Å². The number of nitrogens with one attached hydrogen (secondary N) is 1. The average molecular weight is 415 g/mol. The highest BCUT2D eigenvalue weighted by Gasteiger charge is 2.12. The summed E-state index contributed by atoms with van der Waals surface area (Å²) in [6, 6.07) is 13.3. The molecular weight excluding hydrogens is 384 g/mol. The molecule has 0 aromatic heterocycles. The Hall–Kier alpha value is -3.06. The second-order valence-electron chi connectivity index (χ2n) is 6.44. The third-order valence-electron chi connectivity index (χ3n) is 4.38. The maximum absolute atomic E-state index is 12.6.